The van der Waals surface area contributed by atoms with Crippen molar-refractivity contribution in [2.75, 3.05) is 13.7 Å². The second-order valence-electron chi connectivity index (χ2n) is 2.40. The van der Waals surface area contributed by atoms with Crippen molar-refractivity contribution in [2.45, 2.75) is 12.5 Å². The van der Waals surface area contributed by atoms with E-state index < -0.39 is 0 Å². The van der Waals surface area contributed by atoms with Crippen molar-refractivity contribution in [1.82, 2.24) is 10.4 Å². The van der Waals surface area contributed by atoms with E-state index in [0.717, 1.165) is 0 Å². The summed E-state index contributed by atoms with van der Waals surface area (Å²) in [5, 5.41) is 1.75. The minimum absolute atomic E-state index is 0.00463. The average Bonchev–Trinajstić information content (AvgIpc) is 2.13. The number of hydrogen-bond acceptors (Lipinski definition) is 3. The summed E-state index contributed by atoms with van der Waals surface area (Å²) in [6.45, 7) is -0.333. The highest BCUT2D eigenvalue weighted by Crippen LogP contribution is 2.08. The SMILES string of the molecule is CN1C=C(N)C(CCF)N1. The van der Waals surface area contributed by atoms with Crippen LogP contribution in [0.5, 0.6) is 0 Å². The van der Waals surface area contributed by atoms with E-state index in [1.165, 1.54) is 0 Å². The van der Waals surface area contributed by atoms with E-state index in [2.05, 4.69) is 5.43 Å². The summed E-state index contributed by atoms with van der Waals surface area (Å²) in [4.78, 5) is 0. The van der Waals surface area contributed by atoms with E-state index in [-0.39, 0.29) is 12.7 Å². The predicted molar refractivity (Wildman–Crippen MR) is 37.5 cm³/mol. The van der Waals surface area contributed by atoms with Crippen LogP contribution in [0, 0.1) is 0 Å². The Balaban J connectivity index is 2.43. The molecule has 0 fully saturated rings. The van der Waals surface area contributed by atoms with Gasteiger partial charge in [-0.3, -0.25) is 4.39 Å². The highest BCUT2D eigenvalue weighted by molar-refractivity contribution is 5.09. The van der Waals surface area contributed by atoms with E-state index in [1.807, 2.05) is 7.05 Å². The maximum atomic E-state index is 11.8. The van der Waals surface area contributed by atoms with Crippen molar-refractivity contribution in [3.8, 4) is 0 Å². The lowest BCUT2D eigenvalue weighted by molar-refractivity contribution is 0.305. The van der Waals surface area contributed by atoms with Gasteiger partial charge in [0.2, 0.25) is 0 Å². The lowest BCUT2D eigenvalue weighted by atomic mass is 10.2. The van der Waals surface area contributed by atoms with Crippen LogP contribution >= 0.6 is 0 Å². The molecule has 0 bridgehead atoms. The van der Waals surface area contributed by atoms with Gasteiger partial charge >= 0.3 is 0 Å². The number of nitrogens with zero attached hydrogens (tertiary/aromatic N) is 1. The first kappa shape index (κ1) is 7.34. The van der Waals surface area contributed by atoms with E-state index in [9.17, 15) is 4.39 Å². The molecule has 1 aliphatic heterocycles. The molecular formula is C6H12FN3. The van der Waals surface area contributed by atoms with Crippen molar-refractivity contribution in [1.29, 1.82) is 0 Å². The van der Waals surface area contributed by atoms with Crippen molar-refractivity contribution in [2.24, 2.45) is 5.73 Å². The molecule has 0 saturated carbocycles. The summed E-state index contributed by atoms with van der Waals surface area (Å²) in [5.41, 5.74) is 9.23. The van der Waals surface area contributed by atoms with Crippen LogP contribution in [-0.2, 0) is 0 Å². The minimum Gasteiger partial charge on any atom is -0.399 e. The zero-order valence-electron chi connectivity index (χ0n) is 5.97. The number of nitrogens with one attached hydrogen (secondary N) is 1. The molecule has 0 aromatic rings. The number of hydrogen-bond donors (Lipinski definition) is 2. The van der Waals surface area contributed by atoms with Crippen molar-refractivity contribution in [3.63, 3.8) is 0 Å². The van der Waals surface area contributed by atoms with E-state index in [1.54, 1.807) is 11.2 Å². The van der Waals surface area contributed by atoms with Crippen molar-refractivity contribution >= 4 is 0 Å². The summed E-state index contributed by atoms with van der Waals surface area (Å²) in [6, 6.07) is -0.00463. The maximum Gasteiger partial charge on any atom is 0.0913 e. The molecule has 0 spiro atoms. The molecule has 0 saturated heterocycles. The average molecular weight is 145 g/mol. The Morgan fingerprint density at radius 2 is 2.60 bits per heavy atom. The van der Waals surface area contributed by atoms with Crippen LogP contribution in [-0.4, -0.2) is 24.8 Å². The normalized spacial score (nSPS) is 25.2. The van der Waals surface area contributed by atoms with Gasteiger partial charge in [-0.1, -0.05) is 0 Å². The second-order valence-corrected chi connectivity index (χ2v) is 2.40. The van der Waals surface area contributed by atoms with Gasteiger partial charge in [0.1, 0.15) is 0 Å². The molecular weight excluding hydrogens is 133 g/mol. The van der Waals surface area contributed by atoms with Crippen LogP contribution in [0.15, 0.2) is 11.9 Å². The van der Waals surface area contributed by atoms with Crippen molar-refractivity contribution < 1.29 is 4.39 Å². The Bertz CT molecular complexity index is 146. The lowest BCUT2D eigenvalue weighted by Crippen LogP contribution is -2.35. The van der Waals surface area contributed by atoms with Gasteiger partial charge in [0.05, 0.1) is 12.7 Å². The Hall–Kier alpha value is -0.770. The highest BCUT2D eigenvalue weighted by Gasteiger charge is 2.18. The summed E-state index contributed by atoms with van der Waals surface area (Å²) < 4.78 is 11.8. The molecule has 1 heterocycles. The Labute approximate surface area is 59.7 Å². The van der Waals surface area contributed by atoms with Crippen LogP contribution in [0.4, 0.5) is 4.39 Å². The fourth-order valence-corrected chi connectivity index (χ4v) is 1.01. The first-order valence-electron chi connectivity index (χ1n) is 3.26. The summed E-state index contributed by atoms with van der Waals surface area (Å²) >= 11 is 0. The number of rotatable bonds is 2. The Morgan fingerprint density at radius 1 is 1.90 bits per heavy atom. The third kappa shape index (κ3) is 1.39. The molecule has 0 aliphatic carbocycles. The molecule has 1 atom stereocenters. The molecule has 1 unspecified atom stereocenters. The van der Waals surface area contributed by atoms with Gasteiger partial charge in [0.15, 0.2) is 0 Å². The molecule has 58 valence electrons. The number of alkyl halides is 1. The predicted octanol–water partition coefficient (Wildman–Crippen LogP) is -0.0353. The number of hydrazine groups is 1. The zero-order valence-corrected chi connectivity index (χ0v) is 5.97. The van der Waals surface area contributed by atoms with Gasteiger partial charge in [-0.25, -0.2) is 5.43 Å². The van der Waals surface area contributed by atoms with Gasteiger partial charge < -0.3 is 10.7 Å². The topological polar surface area (TPSA) is 41.3 Å². The Kier molecular flexibility index (Phi) is 2.11. The lowest BCUT2D eigenvalue weighted by Gasteiger charge is -2.13. The smallest absolute Gasteiger partial charge is 0.0913 e. The Morgan fingerprint density at radius 3 is 3.00 bits per heavy atom. The quantitative estimate of drug-likeness (QED) is 0.573. The number of halogens is 1. The molecule has 3 nitrogen and oxygen atoms in total. The van der Waals surface area contributed by atoms with E-state index in [0.29, 0.717) is 12.1 Å². The van der Waals surface area contributed by atoms with Gasteiger partial charge in [0.25, 0.3) is 0 Å². The van der Waals surface area contributed by atoms with Gasteiger partial charge in [-0.15, -0.1) is 0 Å². The molecule has 0 amide bonds. The summed E-state index contributed by atoms with van der Waals surface area (Å²) in [5.74, 6) is 0. The molecule has 0 aromatic heterocycles. The molecule has 0 radical (unpaired) electrons. The molecule has 10 heavy (non-hydrogen) atoms. The van der Waals surface area contributed by atoms with Crippen LogP contribution in [0.3, 0.4) is 0 Å². The first-order valence-corrected chi connectivity index (χ1v) is 3.26. The van der Waals surface area contributed by atoms with E-state index in [4.69, 9.17) is 5.73 Å². The molecule has 3 N–H and O–H groups in total. The number of nitrogens with two attached hydrogens (primary N) is 1. The molecule has 4 heteroatoms. The molecule has 1 rings (SSSR count). The zero-order chi connectivity index (χ0) is 7.56. The van der Waals surface area contributed by atoms with Crippen LogP contribution in [0.2, 0.25) is 0 Å². The third-order valence-corrected chi connectivity index (χ3v) is 1.50. The second kappa shape index (κ2) is 2.88. The van der Waals surface area contributed by atoms with Gasteiger partial charge in [-0.2, -0.15) is 0 Å². The fraction of sp³-hybridized carbons (Fsp3) is 0.667. The highest BCUT2D eigenvalue weighted by atomic mass is 19.1. The first-order chi connectivity index (χ1) is 4.74. The van der Waals surface area contributed by atoms with E-state index >= 15 is 0 Å². The molecule has 1 aliphatic rings. The van der Waals surface area contributed by atoms with Crippen LogP contribution in [0.1, 0.15) is 6.42 Å². The van der Waals surface area contributed by atoms with Crippen molar-refractivity contribution in [3.05, 3.63) is 11.9 Å². The monoisotopic (exact) mass is 145 g/mol. The summed E-state index contributed by atoms with van der Waals surface area (Å²) in [6.07, 6.45) is 2.22. The van der Waals surface area contributed by atoms with Gasteiger partial charge in [0, 0.05) is 18.9 Å². The largest absolute Gasteiger partial charge is 0.399 e. The maximum absolute atomic E-state index is 11.8. The van der Waals surface area contributed by atoms with Crippen LogP contribution < -0.4 is 11.2 Å². The van der Waals surface area contributed by atoms with Gasteiger partial charge in [-0.05, 0) is 6.42 Å². The molecule has 0 aromatic carbocycles. The third-order valence-electron chi connectivity index (χ3n) is 1.50. The van der Waals surface area contributed by atoms with Crippen LogP contribution in [0.25, 0.3) is 0 Å². The summed E-state index contributed by atoms with van der Waals surface area (Å²) in [7, 11) is 1.84. The fourth-order valence-electron chi connectivity index (χ4n) is 1.01. The standard InChI is InChI=1S/C6H12FN3/c1-10-4-5(8)6(9-10)2-3-7/h4,6,9H,2-3,8H2,1H3. The minimum atomic E-state index is -0.333.